The van der Waals surface area contributed by atoms with Crippen molar-refractivity contribution in [3.8, 4) is 22.8 Å². The first-order valence-corrected chi connectivity index (χ1v) is 10.9. The number of anilines is 1. The Morgan fingerprint density at radius 3 is 2.56 bits per heavy atom. The first kappa shape index (κ1) is 23.4. The lowest BCUT2D eigenvalue weighted by molar-refractivity contribution is -0.137. The van der Waals surface area contributed by atoms with E-state index >= 15 is 0 Å². The van der Waals surface area contributed by atoms with Gasteiger partial charge in [0.1, 0.15) is 5.75 Å². The maximum absolute atomic E-state index is 13.4. The third-order valence-electron chi connectivity index (χ3n) is 4.64. The molecule has 34 heavy (non-hydrogen) atoms. The smallest absolute Gasteiger partial charge is 0.416 e. The summed E-state index contributed by atoms with van der Waals surface area (Å²) in [6.07, 6.45) is -4.52. The lowest BCUT2D eigenvalue weighted by Gasteiger charge is -2.13. The summed E-state index contributed by atoms with van der Waals surface area (Å²) in [5, 5.41) is 14.8. The summed E-state index contributed by atoms with van der Waals surface area (Å²) >= 11 is 1.02. The van der Waals surface area contributed by atoms with Gasteiger partial charge in [0.2, 0.25) is 11.8 Å². The molecule has 0 radical (unpaired) electrons. The van der Waals surface area contributed by atoms with E-state index in [1.807, 2.05) is 0 Å². The van der Waals surface area contributed by atoms with Gasteiger partial charge in [-0.3, -0.25) is 14.7 Å². The molecule has 176 valence electrons. The lowest BCUT2D eigenvalue weighted by Crippen LogP contribution is -2.14. The van der Waals surface area contributed by atoms with Gasteiger partial charge in [0.05, 0.1) is 29.8 Å². The van der Waals surface area contributed by atoms with E-state index in [0.717, 1.165) is 23.9 Å². The minimum atomic E-state index is -4.52. The monoisotopic (exact) mass is 489 g/mol. The second-order valence-electron chi connectivity index (χ2n) is 7.09. The number of nitrogens with zero attached hydrogens (tertiary/aromatic N) is 4. The Labute approximate surface area is 196 Å². The summed E-state index contributed by atoms with van der Waals surface area (Å²) < 4.78 is 51.7. The van der Waals surface area contributed by atoms with Crippen molar-refractivity contribution >= 4 is 23.6 Å². The van der Waals surface area contributed by atoms with E-state index in [4.69, 9.17) is 9.26 Å². The second kappa shape index (κ2) is 9.59. The van der Waals surface area contributed by atoms with Crippen molar-refractivity contribution in [2.75, 3.05) is 18.2 Å². The number of carbonyl (C=O) groups excluding carboxylic acids is 1. The molecule has 0 fully saturated rings. The number of carbonyl (C=O) groups is 1. The molecule has 0 atom stereocenters. The highest BCUT2D eigenvalue weighted by Gasteiger charge is 2.31. The molecule has 0 saturated heterocycles. The molecule has 2 aromatic carbocycles. The Morgan fingerprint density at radius 2 is 1.91 bits per heavy atom. The molecule has 8 nitrogen and oxygen atoms in total. The molecule has 0 saturated carbocycles. The van der Waals surface area contributed by atoms with E-state index < -0.39 is 17.6 Å². The van der Waals surface area contributed by atoms with Crippen molar-refractivity contribution in [2.24, 2.45) is 0 Å². The largest absolute Gasteiger partial charge is 0.497 e. The quantitative estimate of drug-likeness (QED) is 0.366. The van der Waals surface area contributed by atoms with Crippen LogP contribution in [0.1, 0.15) is 11.3 Å². The number of hydrogen-bond donors (Lipinski definition) is 1. The average molecular weight is 489 g/mol. The van der Waals surface area contributed by atoms with Crippen molar-refractivity contribution in [3.05, 3.63) is 65.9 Å². The molecule has 0 bridgehead atoms. The zero-order valence-corrected chi connectivity index (χ0v) is 18.8. The fourth-order valence-electron chi connectivity index (χ4n) is 3.07. The number of thioether (sulfide) groups is 1. The van der Waals surface area contributed by atoms with E-state index in [-0.39, 0.29) is 22.5 Å². The lowest BCUT2D eigenvalue weighted by atomic mass is 10.1. The van der Waals surface area contributed by atoms with Crippen LogP contribution in [0.5, 0.6) is 5.75 Å². The minimum absolute atomic E-state index is 0.0839. The fraction of sp³-hybridized carbons (Fsp3) is 0.182. The summed E-state index contributed by atoms with van der Waals surface area (Å²) in [6.45, 7) is 1.71. The Balaban J connectivity index is 1.67. The summed E-state index contributed by atoms with van der Waals surface area (Å²) in [5.74, 6) is 0.644. The molecular formula is C22H18F3N5O3S. The van der Waals surface area contributed by atoms with Crippen molar-refractivity contribution in [1.82, 2.24) is 19.9 Å². The Hall–Kier alpha value is -3.80. The number of methoxy groups -OCH3 is 1. The zero-order chi connectivity index (χ0) is 24.3. The van der Waals surface area contributed by atoms with E-state index in [1.165, 1.54) is 23.8 Å². The second-order valence-corrected chi connectivity index (χ2v) is 8.03. The number of amides is 1. The molecule has 0 aliphatic carbocycles. The number of ether oxygens (including phenoxy) is 1. The highest BCUT2D eigenvalue weighted by atomic mass is 32.2. The summed E-state index contributed by atoms with van der Waals surface area (Å²) in [5.41, 5.74) is 0.615. The van der Waals surface area contributed by atoms with Crippen LogP contribution in [0.4, 0.5) is 19.1 Å². The summed E-state index contributed by atoms with van der Waals surface area (Å²) in [4.78, 5) is 12.3. The molecule has 2 heterocycles. The first-order chi connectivity index (χ1) is 16.2. The predicted octanol–water partition coefficient (Wildman–Crippen LogP) is 4.99. The molecule has 12 heteroatoms. The number of benzene rings is 2. The van der Waals surface area contributed by atoms with E-state index in [1.54, 1.807) is 37.3 Å². The van der Waals surface area contributed by atoms with Gasteiger partial charge in [0.15, 0.2) is 11.0 Å². The fourth-order valence-corrected chi connectivity index (χ4v) is 3.82. The molecular weight excluding hydrogens is 471 g/mol. The number of rotatable bonds is 7. The molecule has 0 unspecified atom stereocenters. The van der Waals surface area contributed by atoms with Crippen LogP contribution in [0.25, 0.3) is 17.1 Å². The maximum Gasteiger partial charge on any atom is 0.416 e. The van der Waals surface area contributed by atoms with Gasteiger partial charge in [-0.25, -0.2) is 0 Å². The number of halogens is 3. The third-order valence-corrected chi connectivity index (χ3v) is 5.57. The van der Waals surface area contributed by atoms with Gasteiger partial charge in [0.25, 0.3) is 0 Å². The number of nitrogens with one attached hydrogen (secondary N) is 1. The standard InChI is InChI=1S/C22H18F3N5O3S/c1-13-10-19(33-29-13)26-18(31)12-34-21-28-27-20(14-6-8-17(32-2)9-7-14)30(21)16-5-3-4-15(11-16)22(23,24)25/h3-11H,12H2,1-2H3,(H,26,31). The Kier molecular flexibility index (Phi) is 6.59. The average Bonchev–Trinajstić information content (AvgIpc) is 3.43. The number of hydrogen-bond acceptors (Lipinski definition) is 7. The van der Waals surface area contributed by atoms with Crippen molar-refractivity contribution in [1.29, 1.82) is 0 Å². The van der Waals surface area contributed by atoms with Crippen LogP contribution >= 0.6 is 11.8 Å². The first-order valence-electron chi connectivity index (χ1n) is 9.88. The molecule has 1 N–H and O–H groups in total. The van der Waals surface area contributed by atoms with Gasteiger partial charge in [0, 0.05) is 11.6 Å². The van der Waals surface area contributed by atoms with Gasteiger partial charge in [-0.1, -0.05) is 23.0 Å². The van der Waals surface area contributed by atoms with E-state index in [0.29, 0.717) is 22.8 Å². The third kappa shape index (κ3) is 5.22. The van der Waals surface area contributed by atoms with Gasteiger partial charge >= 0.3 is 6.18 Å². The highest BCUT2D eigenvalue weighted by Crippen LogP contribution is 2.33. The van der Waals surface area contributed by atoms with Crippen LogP contribution in [0.15, 0.2) is 64.3 Å². The number of aryl methyl sites for hydroxylation is 1. The Morgan fingerprint density at radius 1 is 1.15 bits per heavy atom. The summed E-state index contributed by atoms with van der Waals surface area (Å²) in [7, 11) is 1.53. The van der Waals surface area contributed by atoms with Crippen LogP contribution in [0, 0.1) is 6.92 Å². The van der Waals surface area contributed by atoms with Crippen LogP contribution in [-0.2, 0) is 11.0 Å². The van der Waals surface area contributed by atoms with Gasteiger partial charge in [-0.05, 0) is 49.4 Å². The van der Waals surface area contributed by atoms with Crippen LogP contribution in [-0.4, -0.2) is 38.7 Å². The molecule has 0 aliphatic rings. The molecule has 2 aromatic heterocycles. The SMILES string of the molecule is COc1ccc(-c2nnc(SCC(=O)Nc3cc(C)no3)n2-c2cccc(C(F)(F)F)c2)cc1. The van der Waals surface area contributed by atoms with Gasteiger partial charge in [-0.15, -0.1) is 10.2 Å². The van der Waals surface area contributed by atoms with E-state index in [9.17, 15) is 18.0 Å². The van der Waals surface area contributed by atoms with Crippen LogP contribution in [0.3, 0.4) is 0 Å². The molecule has 0 spiro atoms. The van der Waals surface area contributed by atoms with Crippen molar-refractivity contribution in [3.63, 3.8) is 0 Å². The molecule has 4 rings (SSSR count). The Bertz CT molecular complexity index is 1300. The zero-order valence-electron chi connectivity index (χ0n) is 18.0. The van der Waals surface area contributed by atoms with Gasteiger partial charge < -0.3 is 9.26 Å². The minimum Gasteiger partial charge on any atom is -0.497 e. The topological polar surface area (TPSA) is 95.1 Å². The summed E-state index contributed by atoms with van der Waals surface area (Å²) in [6, 6.07) is 13.3. The maximum atomic E-state index is 13.4. The van der Waals surface area contributed by atoms with E-state index in [2.05, 4.69) is 20.7 Å². The molecule has 0 aliphatic heterocycles. The number of aromatic nitrogens is 4. The number of alkyl halides is 3. The van der Waals surface area contributed by atoms with Crippen LogP contribution < -0.4 is 10.1 Å². The van der Waals surface area contributed by atoms with Gasteiger partial charge in [-0.2, -0.15) is 13.2 Å². The highest BCUT2D eigenvalue weighted by molar-refractivity contribution is 7.99. The van der Waals surface area contributed by atoms with Crippen molar-refractivity contribution in [2.45, 2.75) is 18.3 Å². The molecule has 4 aromatic rings. The van der Waals surface area contributed by atoms with Crippen LogP contribution in [0.2, 0.25) is 0 Å². The normalized spacial score (nSPS) is 11.4. The molecule has 1 amide bonds. The predicted molar refractivity (Wildman–Crippen MR) is 119 cm³/mol. The van der Waals surface area contributed by atoms with Crippen molar-refractivity contribution < 1.29 is 27.2 Å².